The molecule has 2 rings (SSSR count). The summed E-state index contributed by atoms with van der Waals surface area (Å²) in [6.07, 6.45) is -5.57. The first-order valence-electron chi connectivity index (χ1n) is 8.97. The number of amides is 2. The summed E-state index contributed by atoms with van der Waals surface area (Å²) in [6.45, 7) is 2.83. The average Bonchev–Trinajstić information content (AvgIpc) is 2.57. The van der Waals surface area contributed by atoms with Gasteiger partial charge in [0.1, 0.15) is 12.0 Å². The van der Waals surface area contributed by atoms with Crippen molar-refractivity contribution in [2.45, 2.75) is 50.6 Å². The number of hydrogen-bond acceptors (Lipinski definition) is 6. The molecule has 12 heteroatoms. The van der Waals surface area contributed by atoms with Crippen molar-refractivity contribution in [3.63, 3.8) is 0 Å². The van der Waals surface area contributed by atoms with Gasteiger partial charge in [-0.05, 0) is 45.6 Å². The lowest BCUT2D eigenvalue weighted by atomic mass is 9.91. The minimum atomic E-state index is -4.88. The molecule has 2 amide bonds. The van der Waals surface area contributed by atoms with Gasteiger partial charge in [-0.2, -0.15) is 0 Å². The minimum absolute atomic E-state index is 0.124. The summed E-state index contributed by atoms with van der Waals surface area (Å²) in [5.74, 6) is -1.44. The SMILES string of the molecule is CN(C)C1NC(=O)CC(C(=O)N[C@@H](c2ccc(OC(F)(F)F)cc2Cl)C(C)(C)O)N1. The normalized spacial score (nSPS) is 21.2. The summed E-state index contributed by atoms with van der Waals surface area (Å²) in [4.78, 5) is 26.4. The van der Waals surface area contributed by atoms with Gasteiger partial charge in [-0.3, -0.25) is 19.8 Å². The van der Waals surface area contributed by atoms with Gasteiger partial charge in [0.15, 0.2) is 0 Å². The first-order chi connectivity index (χ1) is 13.7. The van der Waals surface area contributed by atoms with Crippen molar-refractivity contribution in [1.29, 1.82) is 0 Å². The Hall–Kier alpha value is -2.08. The summed E-state index contributed by atoms with van der Waals surface area (Å²) in [7, 11) is 3.42. The maximum atomic E-state index is 12.8. The molecule has 1 aromatic carbocycles. The highest BCUT2D eigenvalue weighted by Gasteiger charge is 2.37. The van der Waals surface area contributed by atoms with Crippen molar-refractivity contribution in [1.82, 2.24) is 20.9 Å². The van der Waals surface area contributed by atoms with Gasteiger partial charge in [0.05, 0.1) is 24.1 Å². The van der Waals surface area contributed by atoms with Crippen LogP contribution < -0.4 is 20.7 Å². The van der Waals surface area contributed by atoms with Crippen molar-refractivity contribution in [2.24, 2.45) is 0 Å². The molecule has 3 atom stereocenters. The van der Waals surface area contributed by atoms with E-state index >= 15 is 0 Å². The molecule has 0 bridgehead atoms. The van der Waals surface area contributed by atoms with Gasteiger partial charge in [-0.1, -0.05) is 17.7 Å². The Balaban J connectivity index is 2.25. The van der Waals surface area contributed by atoms with E-state index in [1.54, 1.807) is 19.0 Å². The van der Waals surface area contributed by atoms with Crippen LogP contribution in [0, 0.1) is 0 Å². The standard InChI is InChI=1S/C18H24ClF3N4O4/c1-17(2,29)14(10-6-5-9(7-11(10)19)30-18(20,21)22)25-15(28)12-8-13(27)24-16(23-12)26(3)4/h5-7,12,14,16,23,29H,8H2,1-4H3,(H,24,27)(H,25,28)/t12?,14-,16?/m0/s1. The fourth-order valence-corrected chi connectivity index (χ4v) is 3.23. The second-order valence-electron chi connectivity index (χ2n) is 7.68. The van der Waals surface area contributed by atoms with Gasteiger partial charge < -0.3 is 20.5 Å². The van der Waals surface area contributed by atoms with Crippen LogP contribution in [0.25, 0.3) is 0 Å². The fourth-order valence-electron chi connectivity index (χ4n) is 2.95. The first kappa shape index (κ1) is 24.2. The zero-order chi connectivity index (χ0) is 22.9. The van der Waals surface area contributed by atoms with Crippen LogP contribution >= 0.6 is 11.6 Å². The van der Waals surface area contributed by atoms with Gasteiger partial charge in [0.2, 0.25) is 11.8 Å². The third kappa shape index (κ3) is 6.46. The van der Waals surface area contributed by atoms with Crippen LogP contribution in [0.3, 0.4) is 0 Å². The third-order valence-electron chi connectivity index (χ3n) is 4.39. The number of aliphatic hydroxyl groups is 1. The number of ether oxygens (including phenoxy) is 1. The second-order valence-corrected chi connectivity index (χ2v) is 8.09. The van der Waals surface area contributed by atoms with Crippen LogP contribution in [-0.4, -0.2) is 60.2 Å². The van der Waals surface area contributed by atoms with E-state index in [1.807, 2.05) is 0 Å². The lowest BCUT2D eigenvalue weighted by molar-refractivity contribution is -0.274. The Kier molecular flexibility index (Phi) is 7.23. The third-order valence-corrected chi connectivity index (χ3v) is 4.72. The molecule has 1 saturated heterocycles. The highest BCUT2D eigenvalue weighted by atomic mass is 35.5. The van der Waals surface area contributed by atoms with Crippen LogP contribution in [0.5, 0.6) is 5.75 Å². The maximum absolute atomic E-state index is 12.8. The number of benzene rings is 1. The predicted octanol–water partition coefficient (Wildman–Crippen LogP) is 1.49. The monoisotopic (exact) mass is 452 g/mol. The lowest BCUT2D eigenvalue weighted by Gasteiger charge is -2.37. The number of nitrogens with one attached hydrogen (secondary N) is 3. The van der Waals surface area contributed by atoms with Crippen LogP contribution in [0.4, 0.5) is 13.2 Å². The zero-order valence-electron chi connectivity index (χ0n) is 16.8. The molecule has 1 aliphatic heterocycles. The molecule has 0 spiro atoms. The molecule has 0 saturated carbocycles. The molecule has 30 heavy (non-hydrogen) atoms. The Morgan fingerprint density at radius 1 is 1.37 bits per heavy atom. The maximum Gasteiger partial charge on any atom is 0.573 e. The van der Waals surface area contributed by atoms with Gasteiger partial charge in [0, 0.05) is 5.02 Å². The second kappa shape index (κ2) is 8.96. The molecule has 0 aromatic heterocycles. The molecule has 2 unspecified atom stereocenters. The molecule has 1 heterocycles. The summed E-state index contributed by atoms with van der Waals surface area (Å²) >= 11 is 6.12. The zero-order valence-corrected chi connectivity index (χ0v) is 17.6. The summed E-state index contributed by atoms with van der Waals surface area (Å²) in [5.41, 5.74) is -1.33. The predicted molar refractivity (Wildman–Crippen MR) is 102 cm³/mol. The molecular weight excluding hydrogens is 429 g/mol. The summed E-state index contributed by atoms with van der Waals surface area (Å²) in [6, 6.07) is 1.26. The van der Waals surface area contributed by atoms with E-state index in [4.69, 9.17) is 11.6 Å². The molecule has 4 N–H and O–H groups in total. The number of rotatable bonds is 6. The van der Waals surface area contributed by atoms with Gasteiger partial charge in [-0.25, -0.2) is 0 Å². The van der Waals surface area contributed by atoms with Crippen LogP contribution in [0.2, 0.25) is 5.02 Å². The lowest BCUT2D eigenvalue weighted by Crippen LogP contribution is -2.65. The van der Waals surface area contributed by atoms with Crippen molar-refractivity contribution in [3.05, 3.63) is 28.8 Å². The van der Waals surface area contributed by atoms with Crippen LogP contribution in [0.1, 0.15) is 31.9 Å². The van der Waals surface area contributed by atoms with Crippen molar-refractivity contribution in [3.8, 4) is 5.75 Å². The summed E-state index contributed by atoms with van der Waals surface area (Å²) in [5, 5.41) is 18.7. The molecule has 1 fully saturated rings. The van der Waals surface area contributed by atoms with Gasteiger partial charge >= 0.3 is 6.36 Å². The highest BCUT2D eigenvalue weighted by Crippen LogP contribution is 2.34. The van der Waals surface area contributed by atoms with E-state index in [-0.39, 0.29) is 22.9 Å². The largest absolute Gasteiger partial charge is 0.573 e. The molecule has 8 nitrogen and oxygen atoms in total. The van der Waals surface area contributed by atoms with E-state index in [0.29, 0.717) is 0 Å². The van der Waals surface area contributed by atoms with E-state index in [2.05, 4.69) is 20.7 Å². The van der Waals surface area contributed by atoms with Crippen molar-refractivity contribution >= 4 is 23.4 Å². The van der Waals surface area contributed by atoms with Gasteiger partial charge in [-0.15, -0.1) is 13.2 Å². The molecule has 168 valence electrons. The minimum Gasteiger partial charge on any atom is -0.406 e. The number of carbonyl (C=O) groups is 2. The van der Waals surface area contributed by atoms with Crippen LogP contribution in [-0.2, 0) is 9.59 Å². The van der Waals surface area contributed by atoms with Crippen LogP contribution in [0.15, 0.2) is 18.2 Å². The topological polar surface area (TPSA) is 103 Å². The first-order valence-corrected chi connectivity index (χ1v) is 9.35. The fraction of sp³-hybridized carbons (Fsp3) is 0.556. The molecular formula is C18H24ClF3N4O4. The number of alkyl halides is 3. The average molecular weight is 453 g/mol. The Labute approximate surface area is 176 Å². The van der Waals surface area contributed by atoms with E-state index in [1.165, 1.54) is 19.9 Å². The van der Waals surface area contributed by atoms with Crippen molar-refractivity contribution in [2.75, 3.05) is 14.1 Å². The molecule has 1 aromatic rings. The Morgan fingerprint density at radius 3 is 2.50 bits per heavy atom. The van der Waals surface area contributed by atoms with E-state index in [9.17, 15) is 27.9 Å². The quantitative estimate of drug-likeness (QED) is 0.521. The molecule has 1 aliphatic rings. The number of halogens is 4. The molecule has 0 radical (unpaired) electrons. The molecule has 0 aliphatic carbocycles. The van der Waals surface area contributed by atoms with Gasteiger partial charge in [0.25, 0.3) is 0 Å². The number of hydrogen-bond donors (Lipinski definition) is 4. The van der Waals surface area contributed by atoms with Crippen molar-refractivity contribution < 1.29 is 32.6 Å². The summed E-state index contributed by atoms with van der Waals surface area (Å²) < 4.78 is 41.1. The number of carbonyl (C=O) groups excluding carboxylic acids is 2. The van der Waals surface area contributed by atoms with E-state index < -0.39 is 42.0 Å². The smallest absolute Gasteiger partial charge is 0.406 e. The Morgan fingerprint density at radius 2 is 2.00 bits per heavy atom. The van der Waals surface area contributed by atoms with E-state index in [0.717, 1.165) is 12.1 Å². The number of nitrogens with zero attached hydrogens (tertiary/aromatic N) is 1. The highest BCUT2D eigenvalue weighted by molar-refractivity contribution is 6.31. The Bertz CT molecular complexity index is 799.